The molecule has 1 N–H and O–H groups in total. The summed E-state index contributed by atoms with van der Waals surface area (Å²) < 4.78 is 1.72. The molecular weight excluding hydrogens is 262 g/mol. The fourth-order valence-corrected chi connectivity index (χ4v) is 2.67. The van der Waals surface area contributed by atoms with Crippen LogP contribution >= 0.6 is 11.6 Å². The highest BCUT2D eigenvalue weighted by atomic mass is 35.5. The first-order chi connectivity index (χ1) is 9.06. The lowest BCUT2D eigenvalue weighted by Gasteiger charge is -2.15. The maximum Gasteiger partial charge on any atom is 0.293 e. The van der Waals surface area contributed by atoms with Crippen LogP contribution in [0, 0.1) is 11.3 Å². The van der Waals surface area contributed by atoms with Crippen molar-refractivity contribution in [2.45, 2.75) is 39.7 Å². The second kappa shape index (κ2) is 5.95. The molecule has 1 aromatic heterocycles. The SMILES string of the molecule is CC(C)Cn1ccnc(NCC2(CCCl)CC2)c1=O. The van der Waals surface area contributed by atoms with Gasteiger partial charge in [-0.15, -0.1) is 11.6 Å². The molecule has 106 valence electrons. The number of nitrogens with one attached hydrogen (secondary N) is 1. The molecule has 2 rings (SSSR count). The Morgan fingerprint density at radius 3 is 2.84 bits per heavy atom. The van der Waals surface area contributed by atoms with E-state index in [-0.39, 0.29) is 5.56 Å². The van der Waals surface area contributed by atoms with Gasteiger partial charge in [-0.2, -0.15) is 0 Å². The lowest BCUT2D eigenvalue weighted by atomic mass is 10.0. The van der Waals surface area contributed by atoms with Crippen molar-refractivity contribution in [3.8, 4) is 0 Å². The first kappa shape index (κ1) is 14.4. The van der Waals surface area contributed by atoms with Gasteiger partial charge in [0.2, 0.25) is 0 Å². The second-order valence-corrected chi connectivity index (χ2v) is 6.30. The van der Waals surface area contributed by atoms with Crippen molar-refractivity contribution >= 4 is 17.4 Å². The Hall–Kier alpha value is -1.03. The normalized spacial score (nSPS) is 16.6. The fraction of sp³-hybridized carbons (Fsp3) is 0.714. The second-order valence-electron chi connectivity index (χ2n) is 5.92. The van der Waals surface area contributed by atoms with Gasteiger partial charge in [0, 0.05) is 31.4 Å². The van der Waals surface area contributed by atoms with Gasteiger partial charge in [-0.25, -0.2) is 4.98 Å². The van der Waals surface area contributed by atoms with E-state index in [1.54, 1.807) is 17.0 Å². The first-order valence-corrected chi connectivity index (χ1v) is 7.45. The zero-order valence-corrected chi connectivity index (χ0v) is 12.4. The smallest absolute Gasteiger partial charge is 0.293 e. The maximum absolute atomic E-state index is 12.2. The molecule has 0 aliphatic heterocycles. The van der Waals surface area contributed by atoms with Crippen molar-refractivity contribution < 1.29 is 0 Å². The van der Waals surface area contributed by atoms with Crippen LogP contribution in [-0.4, -0.2) is 22.0 Å². The molecule has 0 unspecified atom stereocenters. The van der Waals surface area contributed by atoms with Crippen molar-refractivity contribution in [3.63, 3.8) is 0 Å². The third kappa shape index (κ3) is 3.72. The van der Waals surface area contributed by atoms with E-state index in [4.69, 9.17) is 11.6 Å². The van der Waals surface area contributed by atoms with Gasteiger partial charge in [0.15, 0.2) is 5.82 Å². The van der Waals surface area contributed by atoms with Crippen LogP contribution in [0.1, 0.15) is 33.1 Å². The molecule has 0 radical (unpaired) electrons. The summed E-state index contributed by atoms with van der Waals surface area (Å²) in [6, 6.07) is 0. The highest BCUT2D eigenvalue weighted by molar-refractivity contribution is 6.17. The van der Waals surface area contributed by atoms with Crippen molar-refractivity contribution in [2.75, 3.05) is 17.7 Å². The summed E-state index contributed by atoms with van der Waals surface area (Å²) >= 11 is 5.81. The molecule has 4 nitrogen and oxygen atoms in total. The van der Waals surface area contributed by atoms with Crippen molar-refractivity contribution in [1.82, 2.24) is 9.55 Å². The van der Waals surface area contributed by atoms with Crippen LogP contribution in [0.25, 0.3) is 0 Å². The summed E-state index contributed by atoms with van der Waals surface area (Å²) in [5.74, 6) is 1.59. The molecule has 1 saturated carbocycles. The van der Waals surface area contributed by atoms with Gasteiger partial charge in [0.1, 0.15) is 0 Å². The molecule has 1 aromatic rings. The van der Waals surface area contributed by atoms with Gasteiger partial charge < -0.3 is 9.88 Å². The van der Waals surface area contributed by atoms with Crippen LogP contribution in [-0.2, 0) is 6.54 Å². The van der Waals surface area contributed by atoms with Crippen LogP contribution in [0.2, 0.25) is 0 Å². The number of alkyl halides is 1. The van der Waals surface area contributed by atoms with E-state index in [1.165, 1.54) is 12.8 Å². The molecule has 1 heterocycles. The topological polar surface area (TPSA) is 46.9 Å². The van der Waals surface area contributed by atoms with E-state index in [0.29, 0.717) is 23.0 Å². The fourth-order valence-electron chi connectivity index (χ4n) is 2.27. The third-order valence-electron chi connectivity index (χ3n) is 3.69. The Morgan fingerprint density at radius 1 is 1.53 bits per heavy atom. The Kier molecular flexibility index (Phi) is 4.50. The highest BCUT2D eigenvalue weighted by Gasteiger charge is 2.41. The minimum absolute atomic E-state index is 0.0297. The molecule has 1 fully saturated rings. The van der Waals surface area contributed by atoms with Crippen LogP contribution < -0.4 is 10.9 Å². The predicted octanol–water partition coefficient (Wildman–Crippen LogP) is 2.72. The van der Waals surface area contributed by atoms with Crippen LogP contribution in [0.5, 0.6) is 0 Å². The Labute approximate surface area is 119 Å². The molecule has 0 saturated heterocycles. The third-order valence-corrected chi connectivity index (χ3v) is 3.88. The molecular formula is C14H22ClN3O. The minimum Gasteiger partial charge on any atom is -0.365 e. The summed E-state index contributed by atoms with van der Waals surface area (Å²) in [5, 5.41) is 3.21. The highest BCUT2D eigenvalue weighted by Crippen LogP contribution is 2.48. The standard InChI is InChI=1S/C14H22ClN3O/c1-11(2)9-18-8-7-16-12(13(18)19)17-10-14(3-4-14)5-6-15/h7-8,11H,3-6,9-10H2,1-2H3,(H,16,17). The maximum atomic E-state index is 12.2. The van der Waals surface area contributed by atoms with Gasteiger partial charge in [-0.05, 0) is 30.6 Å². The van der Waals surface area contributed by atoms with E-state index in [9.17, 15) is 4.79 Å². The Balaban J connectivity index is 2.03. The molecule has 5 heteroatoms. The molecule has 1 aliphatic rings. The van der Waals surface area contributed by atoms with Crippen LogP contribution in [0.4, 0.5) is 5.82 Å². The number of halogens is 1. The number of anilines is 1. The number of hydrogen-bond donors (Lipinski definition) is 1. The van der Waals surface area contributed by atoms with Gasteiger partial charge in [0.25, 0.3) is 5.56 Å². The Morgan fingerprint density at radius 2 is 2.26 bits per heavy atom. The van der Waals surface area contributed by atoms with Crippen molar-refractivity contribution in [1.29, 1.82) is 0 Å². The van der Waals surface area contributed by atoms with Crippen LogP contribution in [0.3, 0.4) is 0 Å². The molecule has 0 aromatic carbocycles. The number of hydrogen-bond acceptors (Lipinski definition) is 3. The largest absolute Gasteiger partial charge is 0.365 e. The summed E-state index contributed by atoms with van der Waals surface area (Å²) in [4.78, 5) is 16.4. The number of aromatic nitrogens is 2. The van der Waals surface area contributed by atoms with E-state index in [2.05, 4.69) is 24.1 Å². The summed E-state index contributed by atoms with van der Waals surface area (Å²) in [7, 11) is 0. The summed E-state index contributed by atoms with van der Waals surface area (Å²) in [6.07, 6.45) is 6.83. The number of rotatable bonds is 7. The van der Waals surface area contributed by atoms with E-state index in [0.717, 1.165) is 19.5 Å². The minimum atomic E-state index is -0.0297. The van der Waals surface area contributed by atoms with Gasteiger partial charge >= 0.3 is 0 Å². The monoisotopic (exact) mass is 283 g/mol. The van der Waals surface area contributed by atoms with E-state index < -0.39 is 0 Å². The quantitative estimate of drug-likeness (QED) is 0.783. The molecule has 1 aliphatic carbocycles. The predicted molar refractivity (Wildman–Crippen MR) is 78.8 cm³/mol. The van der Waals surface area contributed by atoms with Gasteiger partial charge in [-0.1, -0.05) is 13.8 Å². The molecule has 0 bridgehead atoms. The van der Waals surface area contributed by atoms with Crippen molar-refractivity contribution in [3.05, 3.63) is 22.7 Å². The summed E-state index contributed by atoms with van der Waals surface area (Å²) in [6.45, 7) is 5.72. The average Bonchev–Trinajstić information content (AvgIpc) is 3.11. The van der Waals surface area contributed by atoms with E-state index >= 15 is 0 Å². The lowest BCUT2D eigenvalue weighted by Crippen LogP contribution is -2.28. The lowest BCUT2D eigenvalue weighted by molar-refractivity contribution is 0.505. The average molecular weight is 284 g/mol. The first-order valence-electron chi connectivity index (χ1n) is 6.92. The van der Waals surface area contributed by atoms with Crippen molar-refractivity contribution in [2.24, 2.45) is 11.3 Å². The van der Waals surface area contributed by atoms with Gasteiger partial charge in [0.05, 0.1) is 0 Å². The molecule has 19 heavy (non-hydrogen) atoms. The molecule has 0 amide bonds. The molecule has 0 spiro atoms. The van der Waals surface area contributed by atoms with E-state index in [1.807, 2.05) is 0 Å². The Bertz CT molecular complexity index is 480. The zero-order valence-electron chi connectivity index (χ0n) is 11.7. The zero-order chi connectivity index (χ0) is 13.9. The van der Waals surface area contributed by atoms with Crippen LogP contribution in [0.15, 0.2) is 17.2 Å². The van der Waals surface area contributed by atoms with Gasteiger partial charge in [-0.3, -0.25) is 4.79 Å². The summed E-state index contributed by atoms with van der Waals surface area (Å²) in [5.41, 5.74) is 0.270. The number of nitrogens with zero attached hydrogens (tertiary/aromatic N) is 2. The molecule has 0 atom stereocenters.